The second-order valence-electron chi connectivity index (χ2n) is 11.5. The number of nitrogens with zero attached hydrogens (tertiary/aromatic N) is 3. The molecule has 46 heavy (non-hydrogen) atoms. The van der Waals surface area contributed by atoms with E-state index in [4.69, 9.17) is 9.94 Å². The molecule has 1 fully saturated rings. The first kappa shape index (κ1) is 45.7. The minimum absolute atomic E-state index is 0.0200. The number of hydroxylamine groups is 2. The SMILES string of the molecule is CC.CC(=O)C(C)C.CC1C=C(CC(=O)N2CCCC2C=O)ON1C.CCC.CNCC1=CC=C(C2=C(C)N(C)CS2)CC1.CO. The van der Waals surface area contributed by atoms with Gasteiger partial charge >= 0.3 is 0 Å². The predicted octanol–water partition coefficient (Wildman–Crippen LogP) is 6.72. The van der Waals surface area contributed by atoms with Gasteiger partial charge in [-0.2, -0.15) is 0 Å². The lowest BCUT2D eigenvalue weighted by Crippen LogP contribution is -2.36. The summed E-state index contributed by atoms with van der Waals surface area (Å²) in [4.78, 5) is 43.9. The first-order valence-electron chi connectivity index (χ1n) is 16.8. The van der Waals surface area contributed by atoms with Crippen LogP contribution in [0.15, 0.2) is 45.7 Å². The number of Topliss-reactive ketones (excluding diaryl/α,β-unsaturated/α-hetero) is 1. The molecule has 0 saturated carbocycles. The van der Waals surface area contributed by atoms with E-state index in [9.17, 15) is 14.4 Å². The van der Waals surface area contributed by atoms with E-state index in [0.29, 0.717) is 12.3 Å². The van der Waals surface area contributed by atoms with Crippen LogP contribution in [0.1, 0.15) is 101 Å². The molecule has 1 amide bonds. The van der Waals surface area contributed by atoms with Crippen LogP contribution < -0.4 is 5.32 Å². The molecule has 3 heterocycles. The summed E-state index contributed by atoms with van der Waals surface area (Å²) in [5.74, 6) is 2.24. The van der Waals surface area contributed by atoms with E-state index in [2.05, 4.69) is 50.2 Å². The number of allylic oxidation sites excluding steroid dienone is 4. The lowest BCUT2D eigenvalue weighted by Gasteiger charge is -2.21. The van der Waals surface area contributed by atoms with Gasteiger partial charge in [-0.1, -0.05) is 65.7 Å². The Morgan fingerprint density at radius 1 is 1.15 bits per heavy atom. The zero-order chi connectivity index (χ0) is 35.8. The van der Waals surface area contributed by atoms with Crippen molar-refractivity contribution in [3.05, 3.63) is 45.7 Å². The molecule has 0 aromatic heterocycles. The molecule has 0 radical (unpaired) electrons. The summed E-state index contributed by atoms with van der Waals surface area (Å²) in [7, 11) is 7.01. The zero-order valence-electron chi connectivity index (χ0n) is 31.2. The van der Waals surface area contributed by atoms with Gasteiger partial charge in [0.1, 0.15) is 17.8 Å². The molecule has 2 N–H and O–H groups in total. The van der Waals surface area contributed by atoms with Gasteiger partial charge in [0.25, 0.3) is 0 Å². The van der Waals surface area contributed by atoms with Crippen molar-refractivity contribution in [1.82, 2.24) is 20.2 Å². The number of carbonyl (C=O) groups excluding carboxylic acids is 3. The molecule has 4 aliphatic rings. The number of aliphatic hydroxyl groups excluding tert-OH is 1. The molecule has 4 rings (SSSR count). The molecule has 1 aliphatic carbocycles. The maximum atomic E-state index is 12.0. The van der Waals surface area contributed by atoms with Crippen molar-refractivity contribution >= 4 is 29.7 Å². The molecule has 0 aromatic carbocycles. The van der Waals surface area contributed by atoms with Gasteiger partial charge in [0.05, 0.1) is 24.4 Å². The van der Waals surface area contributed by atoms with Gasteiger partial charge in [0, 0.05) is 50.8 Å². The standard InChI is InChI=1S/C13H20N2S.C12H18N2O3.C5H10O.C3H8.C2H6.CH4O/c1-10-13(16-9-15(10)3)12-6-4-11(5-7-12)8-14-2;1-9-6-11(17-13(9)2)7-12(16)14-5-3-4-10(14)8-15;1-4(2)5(3)6;1-3-2;2*1-2/h4,6,14H,5,7-9H2,1-3H3;6,8-10H,3-5,7H2,1-2H3;4H,1-3H3;3H2,1-2H3;1-2H3;2H,1H3. The minimum atomic E-state index is -0.236. The number of thioether (sulfide) groups is 1. The van der Waals surface area contributed by atoms with Crippen molar-refractivity contribution < 1.29 is 24.3 Å². The van der Waals surface area contributed by atoms with Crippen molar-refractivity contribution in [2.75, 3.05) is 47.2 Å². The van der Waals surface area contributed by atoms with Gasteiger partial charge < -0.3 is 29.9 Å². The molecular weight excluding hydrogens is 600 g/mol. The molecule has 0 spiro atoms. The van der Waals surface area contributed by atoms with E-state index in [1.165, 1.54) is 41.0 Å². The van der Waals surface area contributed by atoms with Gasteiger partial charge in [0.15, 0.2) is 0 Å². The average Bonchev–Trinajstić information content (AvgIpc) is 3.75. The molecule has 0 aromatic rings. The summed E-state index contributed by atoms with van der Waals surface area (Å²) in [5, 5.41) is 11.9. The van der Waals surface area contributed by atoms with Crippen LogP contribution in [0.5, 0.6) is 0 Å². The highest BCUT2D eigenvalue weighted by molar-refractivity contribution is 8.03. The van der Waals surface area contributed by atoms with Crippen LogP contribution in [0, 0.1) is 5.92 Å². The highest BCUT2D eigenvalue weighted by Gasteiger charge is 2.30. The summed E-state index contributed by atoms with van der Waals surface area (Å²) in [5.41, 5.74) is 4.47. The van der Waals surface area contributed by atoms with Crippen LogP contribution in [-0.4, -0.2) is 97.2 Å². The van der Waals surface area contributed by atoms with Crippen molar-refractivity contribution in [1.29, 1.82) is 0 Å². The molecule has 2 atom stereocenters. The summed E-state index contributed by atoms with van der Waals surface area (Å²) in [6.45, 7) is 19.6. The quantitative estimate of drug-likeness (QED) is 0.287. The predicted molar refractivity (Wildman–Crippen MR) is 195 cm³/mol. The number of hydrogen-bond donors (Lipinski definition) is 2. The number of likely N-dealkylation sites (N-methyl/N-ethyl adjacent to an activating group) is 2. The first-order valence-corrected chi connectivity index (χ1v) is 17.8. The van der Waals surface area contributed by atoms with Crippen molar-refractivity contribution in [3.8, 4) is 0 Å². The Hall–Kier alpha value is -2.40. The number of aliphatic hydroxyl groups is 1. The minimum Gasteiger partial charge on any atom is -0.410 e. The van der Waals surface area contributed by atoms with E-state index in [-0.39, 0.29) is 36.1 Å². The second-order valence-corrected chi connectivity index (χ2v) is 12.5. The van der Waals surface area contributed by atoms with Gasteiger partial charge in [-0.15, -0.1) is 16.8 Å². The van der Waals surface area contributed by atoms with Crippen LogP contribution in [0.25, 0.3) is 0 Å². The Morgan fingerprint density at radius 3 is 2.13 bits per heavy atom. The summed E-state index contributed by atoms with van der Waals surface area (Å²) >= 11 is 1.97. The third-order valence-electron chi connectivity index (χ3n) is 7.41. The number of amides is 1. The van der Waals surface area contributed by atoms with Crippen LogP contribution in [0.4, 0.5) is 0 Å². The number of rotatable bonds is 7. The first-order chi connectivity index (χ1) is 21.9. The van der Waals surface area contributed by atoms with Crippen molar-refractivity contribution in [3.63, 3.8) is 0 Å². The van der Waals surface area contributed by atoms with Gasteiger partial charge in [-0.05, 0) is 65.2 Å². The molecule has 10 heteroatoms. The number of aldehydes is 1. The van der Waals surface area contributed by atoms with Gasteiger partial charge in [-0.3, -0.25) is 9.59 Å². The Labute approximate surface area is 285 Å². The number of carbonyl (C=O) groups is 3. The average molecular weight is 667 g/mol. The molecule has 3 aliphatic heterocycles. The highest BCUT2D eigenvalue weighted by Crippen LogP contribution is 2.39. The molecule has 0 bridgehead atoms. The fourth-order valence-electron chi connectivity index (χ4n) is 4.36. The third-order valence-corrected chi connectivity index (χ3v) is 8.77. The lowest BCUT2D eigenvalue weighted by molar-refractivity contribution is -0.137. The molecule has 266 valence electrons. The Bertz CT molecular complexity index is 1020. The number of ketones is 1. The summed E-state index contributed by atoms with van der Waals surface area (Å²) < 4.78 is 0. The highest BCUT2D eigenvalue weighted by atomic mass is 32.2. The van der Waals surface area contributed by atoms with Crippen LogP contribution >= 0.6 is 11.8 Å². The topological polar surface area (TPSA) is 102 Å². The molecule has 9 nitrogen and oxygen atoms in total. The van der Waals surface area contributed by atoms with E-state index in [0.717, 1.165) is 38.7 Å². The normalized spacial score (nSPS) is 20.0. The summed E-state index contributed by atoms with van der Waals surface area (Å²) in [6, 6.07) is -0.0436. The number of nitrogens with one attached hydrogen (secondary N) is 1. The van der Waals surface area contributed by atoms with Gasteiger partial charge in [0.2, 0.25) is 5.91 Å². The van der Waals surface area contributed by atoms with E-state index >= 15 is 0 Å². The lowest BCUT2D eigenvalue weighted by atomic mass is 9.97. The van der Waals surface area contributed by atoms with Gasteiger partial charge in [-0.25, -0.2) is 0 Å². The van der Waals surface area contributed by atoms with Crippen LogP contribution in [0.3, 0.4) is 0 Å². The van der Waals surface area contributed by atoms with Crippen molar-refractivity contribution in [2.24, 2.45) is 5.92 Å². The third kappa shape index (κ3) is 17.0. The zero-order valence-corrected chi connectivity index (χ0v) is 32.1. The fraction of sp³-hybridized carbons (Fsp3) is 0.694. The molecule has 1 saturated heterocycles. The Kier molecular flexibility index (Phi) is 26.5. The summed E-state index contributed by atoms with van der Waals surface area (Å²) in [6.07, 6.45) is 13.0. The Morgan fingerprint density at radius 2 is 1.74 bits per heavy atom. The second kappa shape index (κ2) is 26.6. The number of likely N-dealkylation sites (tertiary alicyclic amines) is 1. The molecule has 2 unspecified atom stereocenters. The Balaban J connectivity index is 0. The number of hydrogen-bond acceptors (Lipinski definition) is 9. The van der Waals surface area contributed by atoms with Crippen LogP contribution in [-0.2, 0) is 19.2 Å². The van der Waals surface area contributed by atoms with E-state index in [1.807, 2.05) is 66.6 Å². The largest absolute Gasteiger partial charge is 0.410 e. The smallest absolute Gasteiger partial charge is 0.230 e. The fourth-order valence-corrected chi connectivity index (χ4v) is 5.60. The maximum Gasteiger partial charge on any atom is 0.230 e. The van der Waals surface area contributed by atoms with Crippen LogP contribution in [0.2, 0.25) is 0 Å². The van der Waals surface area contributed by atoms with Crippen molar-refractivity contribution in [2.45, 2.75) is 113 Å². The van der Waals surface area contributed by atoms with E-state index < -0.39 is 0 Å². The van der Waals surface area contributed by atoms with E-state index in [1.54, 1.807) is 16.9 Å². The monoisotopic (exact) mass is 666 g/mol. The maximum absolute atomic E-state index is 12.0. The molecular formula is C36H66N4O5S.